The second-order valence-corrected chi connectivity index (χ2v) is 6.21. The lowest BCUT2D eigenvalue weighted by atomic mass is 10.2. The van der Waals surface area contributed by atoms with Crippen LogP contribution in [0.4, 0.5) is 0 Å². The average Bonchev–Trinajstić information content (AvgIpc) is 2.81. The Morgan fingerprint density at radius 1 is 1.30 bits per heavy atom. The van der Waals surface area contributed by atoms with E-state index in [0.717, 1.165) is 27.1 Å². The molecule has 0 amide bonds. The van der Waals surface area contributed by atoms with Crippen molar-refractivity contribution in [1.82, 2.24) is 14.5 Å². The van der Waals surface area contributed by atoms with Gasteiger partial charge in [0.2, 0.25) is 0 Å². The van der Waals surface area contributed by atoms with Crippen molar-refractivity contribution in [3.8, 4) is 5.69 Å². The van der Waals surface area contributed by atoms with Crippen LogP contribution in [0.25, 0.3) is 16.9 Å². The zero-order valence-electron chi connectivity index (χ0n) is 11.1. The van der Waals surface area contributed by atoms with E-state index in [2.05, 4.69) is 51.0 Å². The molecule has 2 aromatic heterocycles. The summed E-state index contributed by atoms with van der Waals surface area (Å²) in [6.07, 6.45) is 1.77. The van der Waals surface area contributed by atoms with Gasteiger partial charge in [-0.1, -0.05) is 22.0 Å². The van der Waals surface area contributed by atoms with Crippen molar-refractivity contribution in [2.75, 3.05) is 0 Å². The molecule has 1 atom stereocenters. The number of imidazole rings is 1. The van der Waals surface area contributed by atoms with E-state index in [1.165, 1.54) is 5.56 Å². The average molecular weight is 351 g/mol. The first-order valence-electron chi connectivity index (χ1n) is 6.32. The van der Waals surface area contributed by atoms with Gasteiger partial charge in [-0.3, -0.25) is 4.57 Å². The van der Waals surface area contributed by atoms with E-state index in [0.29, 0.717) is 0 Å². The smallest absolute Gasteiger partial charge is 0.164 e. The lowest BCUT2D eigenvalue weighted by Gasteiger charge is -2.11. The molecule has 3 rings (SSSR count). The lowest BCUT2D eigenvalue weighted by molar-refractivity contribution is 0.876. The van der Waals surface area contributed by atoms with Gasteiger partial charge in [-0.2, -0.15) is 0 Å². The van der Waals surface area contributed by atoms with Gasteiger partial charge in [-0.25, -0.2) is 9.97 Å². The van der Waals surface area contributed by atoms with Gasteiger partial charge in [0.15, 0.2) is 5.65 Å². The summed E-state index contributed by atoms with van der Waals surface area (Å²) in [7, 11) is 0. The summed E-state index contributed by atoms with van der Waals surface area (Å²) >= 11 is 9.85. The normalized spacial score (nSPS) is 12.8. The summed E-state index contributed by atoms with van der Waals surface area (Å²) in [5.74, 6) is 0.802. The summed E-state index contributed by atoms with van der Waals surface area (Å²) in [6, 6.07) is 10.0. The molecular weight excluding hydrogens is 338 g/mol. The van der Waals surface area contributed by atoms with Gasteiger partial charge in [0.1, 0.15) is 11.3 Å². The van der Waals surface area contributed by atoms with Crippen LogP contribution < -0.4 is 0 Å². The van der Waals surface area contributed by atoms with Crippen LogP contribution in [0.3, 0.4) is 0 Å². The van der Waals surface area contributed by atoms with Crippen molar-refractivity contribution in [3.63, 3.8) is 0 Å². The highest BCUT2D eigenvalue weighted by Crippen LogP contribution is 2.29. The minimum Gasteiger partial charge on any atom is -0.279 e. The highest BCUT2D eigenvalue weighted by atomic mass is 79.9. The molecule has 3 nitrogen and oxygen atoms in total. The largest absolute Gasteiger partial charge is 0.279 e. The van der Waals surface area contributed by atoms with Gasteiger partial charge in [-0.15, -0.1) is 11.6 Å². The van der Waals surface area contributed by atoms with E-state index in [-0.39, 0.29) is 5.38 Å². The van der Waals surface area contributed by atoms with Gasteiger partial charge < -0.3 is 0 Å². The number of halogens is 2. The van der Waals surface area contributed by atoms with Crippen LogP contribution in [0.2, 0.25) is 0 Å². The zero-order valence-corrected chi connectivity index (χ0v) is 13.5. The summed E-state index contributed by atoms with van der Waals surface area (Å²) in [5, 5.41) is -0.190. The highest BCUT2D eigenvalue weighted by Gasteiger charge is 2.17. The maximum absolute atomic E-state index is 6.28. The number of rotatable bonds is 2. The Balaban J connectivity index is 2.33. The van der Waals surface area contributed by atoms with Gasteiger partial charge in [-0.05, 0) is 43.7 Å². The van der Waals surface area contributed by atoms with E-state index in [1.54, 1.807) is 6.20 Å². The Morgan fingerprint density at radius 3 is 2.80 bits per heavy atom. The maximum atomic E-state index is 6.28. The molecule has 1 unspecified atom stereocenters. The van der Waals surface area contributed by atoms with Crippen molar-refractivity contribution in [2.45, 2.75) is 19.2 Å². The number of hydrogen-bond donors (Lipinski definition) is 0. The van der Waals surface area contributed by atoms with E-state index in [4.69, 9.17) is 11.6 Å². The molecule has 0 saturated carbocycles. The van der Waals surface area contributed by atoms with Gasteiger partial charge >= 0.3 is 0 Å². The van der Waals surface area contributed by atoms with Crippen molar-refractivity contribution >= 4 is 38.7 Å². The Bertz CT molecular complexity index is 780. The molecule has 0 bridgehead atoms. The van der Waals surface area contributed by atoms with Crippen LogP contribution in [0, 0.1) is 6.92 Å². The molecule has 0 aliphatic heterocycles. The zero-order chi connectivity index (χ0) is 14.3. The van der Waals surface area contributed by atoms with E-state index < -0.39 is 0 Å². The molecule has 102 valence electrons. The molecule has 0 N–H and O–H groups in total. The van der Waals surface area contributed by atoms with Crippen LogP contribution in [-0.4, -0.2) is 14.5 Å². The Labute approximate surface area is 130 Å². The third-order valence-corrected chi connectivity index (χ3v) is 4.26. The molecule has 0 aliphatic rings. The predicted molar refractivity (Wildman–Crippen MR) is 85.6 cm³/mol. The first-order chi connectivity index (χ1) is 9.58. The first-order valence-corrected chi connectivity index (χ1v) is 7.55. The van der Waals surface area contributed by atoms with Gasteiger partial charge in [0.25, 0.3) is 0 Å². The van der Waals surface area contributed by atoms with Crippen LogP contribution in [0.15, 0.2) is 41.0 Å². The highest BCUT2D eigenvalue weighted by molar-refractivity contribution is 9.10. The van der Waals surface area contributed by atoms with Crippen LogP contribution in [0.5, 0.6) is 0 Å². The summed E-state index contributed by atoms with van der Waals surface area (Å²) in [5.41, 5.74) is 3.87. The number of aromatic nitrogens is 3. The monoisotopic (exact) mass is 349 g/mol. The van der Waals surface area contributed by atoms with Gasteiger partial charge in [0, 0.05) is 10.7 Å². The molecule has 3 aromatic rings. The number of alkyl halides is 1. The number of aryl methyl sites for hydroxylation is 1. The van der Waals surface area contributed by atoms with E-state index in [9.17, 15) is 0 Å². The summed E-state index contributed by atoms with van der Waals surface area (Å²) < 4.78 is 3.07. The third-order valence-electron chi connectivity index (χ3n) is 3.21. The molecule has 5 heteroatoms. The lowest BCUT2D eigenvalue weighted by Crippen LogP contribution is -2.03. The SMILES string of the molecule is Cc1ccc(-n2c(C(C)Cl)nc3cccnc32)cc1Br. The number of pyridine rings is 1. The second kappa shape index (κ2) is 5.19. The number of benzene rings is 1. The van der Waals surface area contributed by atoms with E-state index in [1.807, 2.05) is 23.6 Å². The van der Waals surface area contributed by atoms with Crippen molar-refractivity contribution < 1.29 is 0 Å². The fraction of sp³-hybridized carbons (Fsp3) is 0.200. The van der Waals surface area contributed by atoms with Crippen LogP contribution >= 0.6 is 27.5 Å². The predicted octanol–water partition coefficient (Wildman–Crippen LogP) is 4.79. The molecule has 0 aliphatic carbocycles. The molecule has 1 aromatic carbocycles. The Hall–Kier alpha value is -1.39. The van der Waals surface area contributed by atoms with Crippen molar-refractivity contribution in [2.24, 2.45) is 0 Å². The maximum Gasteiger partial charge on any atom is 0.164 e. The van der Waals surface area contributed by atoms with Crippen LogP contribution in [-0.2, 0) is 0 Å². The second-order valence-electron chi connectivity index (χ2n) is 4.70. The third kappa shape index (κ3) is 2.23. The fourth-order valence-electron chi connectivity index (χ4n) is 2.17. The van der Waals surface area contributed by atoms with E-state index >= 15 is 0 Å². The fourth-order valence-corrected chi connectivity index (χ4v) is 2.69. The summed E-state index contributed by atoms with van der Waals surface area (Å²) in [4.78, 5) is 9.03. The van der Waals surface area contributed by atoms with Crippen molar-refractivity contribution in [3.05, 3.63) is 52.4 Å². The molecular formula is C15H13BrClN3. The molecule has 0 spiro atoms. The number of hydrogen-bond acceptors (Lipinski definition) is 2. The molecule has 0 saturated heterocycles. The minimum atomic E-state index is -0.190. The molecule has 2 heterocycles. The standard InChI is InChI=1S/C15H13BrClN3/c1-9-5-6-11(8-12(9)16)20-14(10(2)17)19-13-4-3-7-18-15(13)20/h3-8,10H,1-2H3. The Morgan fingerprint density at radius 2 is 2.10 bits per heavy atom. The Kier molecular flexibility index (Phi) is 3.52. The summed E-state index contributed by atoms with van der Waals surface area (Å²) in [6.45, 7) is 3.98. The topological polar surface area (TPSA) is 30.7 Å². The minimum absolute atomic E-state index is 0.190. The quantitative estimate of drug-likeness (QED) is 0.622. The van der Waals surface area contributed by atoms with Gasteiger partial charge in [0.05, 0.1) is 11.1 Å². The molecule has 0 fully saturated rings. The molecule has 0 radical (unpaired) electrons. The number of nitrogens with zero attached hydrogens (tertiary/aromatic N) is 3. The van der Waals surface area contributed by atoms with Crippen molar-refractivity contribution in [1.29, 1.82) is 0 Å². The molecule has 20 heavy (non-hydrogen) atoms. The first kappa shape index (κ1) is 13.6. The van der Waals surface area contributed by atoms with Crippen LogP contribution in [0.1, 0.15) is 23.7 Å². The number of fused-ring (bicyclic) bond motifs is 1.